The number of rotatable bonds is 5. The smallest absolute Gasteiger partial charge is 0.323 e. The Morgan fingerprint density at radius 3 is 2.36 bits per heavy atom. The Morgan fingerprint density at radius 1 is 1.14 bits per heavy atom. The fraction of sp³-hybridized carbons (Fsp3) is 0.591. The molecule has 28 heavy (non-hydrogen) atoms. The number of fused-ring (bicyclic) bond motifs is 1. The van der Waals surface area contributed by atoms with E-state index in [2.05, 4.69) is 11.4 Å². The van der Waals surface area contributed by atoms with Crippen molar-refractivity contribution in [1.82, 2.24) is 5.32 Å². The highest BCUT2D eigenvalue weighted by Gasteiger charge is 2.65. The normalized spacial score (nSPS) is 28.5. The molecule has 1 saturated carbocycles. The van der Waals surface area contributed by atoms with Crippen LogP contribution in [0.5, 0.6) is 0 Å². The van der Waals surface area contributed by atoms with E-state index in [0.717, 1.165) is 5.56 Å². The van der Waals surface area contributed by atoms with Crippen LogP contribution in [0, 0.1) is 28.1 Å². The van der Waals surface area contributed by atoms with Crippen molar-refractivity contribution in [2.75, 3.05) is 19.8 Å². The number of nitriles is 1. The van der Waals surface area contributed by atoms with Gasteiger partial charge in [0, 0.05) is 18.5 Å². The van der Waals surface area contributed by atoms with Gasteiger partial charge in [-0.1, -0.05) is 36.8 Å². The Kier molecular flexibility index (Phi) is 6.04. The lowest BCUT2D eigenvalue weighted by atomic mass is 9.51. The monoisotopic (exact) mass is 384 g/mol. The molecule has 2 fully saturated rings. The summed E-state index contributed by atoms with van der Waals surface area (Å²) >= 11 is 0. The highest BCUT2D eigenvalue weighted by Crippen LogP contribution is 2.57. The number of nitrogens with one attached hydrogen (secondary N) is 1. The number of ether oxygens (including phenoxy) is 2. The Labute approximate surface area is 166 Å². The molecule has 3 atom stereocenters. The van der Waals surface area contributed by atoms with Gasteiger partial charge in [-0.3, -0.25) is 9.59 Å². The molecule has 3 rings (SSSR count). The van der Waals surface area contributed by atoms with Crippen LogP contribution >= 0.6 is 0 Å². The van der Waals surface area contributed by atoms with E-state index in [4.69, 9.17) is 9.47 Å². The molecular formula is C22H28N2O4. The minimum atomic E-state index is -1.42. The number of carbonyl (C=O) groups is 2. The Morgan fingerprint density at radius 2 is 1.79 bits per heavy atom. The third-order valence-electron chi connectivity index (χ3n) is 6.30. The summed E-state index contributed by atoms with van der Waals surface area (Å²) in [6, 6.07) is 12.4. The van der Waals surface area contributed by atoms with Gasteiger partial charge in [-0.2, -0.15) is 5.26 Å². The van der Waals surface area contributed by atoms with Crippen molar-refractivity contribution in [3.05, 3.63) is 35.9 Å². The molecule has 0 bridgehead atoms. The standard InChI is InChI=1S/C22H28N2O4/c1-3-27-19(25)22(20(26)28-4-2)12-8-11-21(14-23)15-24-17(13-18(21)22)16-9-6-5-7-10-16/h5-7,9-10,17-18,24H,3-4,8,11-13,15H2,1-2H3/t17-,18-,21+/m0/s1. The molecular weight excluding hydrogens is 356 g/mol. The van der Waals surface area contributed by atoms with Crippen LogP contribution in [0.3, 0.4) is 0 Å². The minimum Gasteiger partial charge on any atom is -0.465 e. The van der Waals surface area contributed by atoms with Gasteiger partial charge in [-0.05, 0) is 38.7 Å². The maximum atomic E-state index is 13.1. The molecule has 2 aliphatic rings. The highest BCUT2D eigenvalue weighted by atomic mass is 16.6. The third kappa shape index (κ3) is 3.29. The topological polar surface area (TPSA) is 88.4 Å². The predicted octanol–water partition coefficient (Wildman–Crippen LogP) is 3.14. The van der Waals surface area contributed by atoms with E-state index >= 15 is 0 Å². The fourth-order valence-electron chi connectivity index (χ4n) is 4.97. The molecule has 1 aliphatic carbocycles. The predicted molar refractivity (Wildman–Crippen MR) is 103 cm³/mol. The zero-order valence-electron chi connectivity index (χ0n) is 16.6. The molecule has 1 saturated heterocycles. The summed E-state index contributed by atoms with van der Waals surface area (Å²) in [6.07, 6.45) is 2.14. The number of carbonyl (C=O) groups excluding carboxylic acids is 2. The van der Waals surface area contributed by atoms with Crippen LogP contribution in [0.25, 0.3) is 0 Å². The quantitative estimate of drug-likeness (QED) is 0.620. The molecule has 1 aliphatic heterocycles. The molecule has 0 unspecified atom stereocenters. The highest BCUT2D eigenvalue weighted by molar-refractivity contribution is 6.01. The molecule has 0 radical (unpaired) electrons. The Bertz CT molecular complexity index is 740. The minimum absolute atomic E-state index is 0.0333. The first-order valence-electron chi connectivity index (χ1n) is 10.1. The van der Waals surface area contributed by atoms with Crippen LogP contribution < -0.4 is 5.32 Å². The lowest BCUT2D eigenvalue weighted by molar-refractivity contribution is -0.187. The van der Waals surface area contributed by atoms with Crippen LogP contribution in [0.4, 0.5) is 0 Å². The second-order valence-corrected chi connectivity index (χ2v) is 7.67. The molecule has 150 valence electrons. The van der Waals surface area contributed by atoms with Crippen molar-refractivity contribution in [3.63, 3.8) is 0 Å². The molecule has 1 heterocycles. The van der Waals surface area contributed by atoms with Gasteiger partial charge in [0.2, 0.25) is 0 Å². The van der Waals surface area contributed by atoms with Crippen molar-refractivity contribution >= 4 is 11.9 Å². The van der Waals surface area contributed by atoms with Crippen molar-refractivity contribution in [1.29, 1.82) is 5.26 Å². The summed E-state index contributed by atoms with van der Waals surface area (Å²) in [4.78, 5) is 26.3. The number of hydrogen-bond acceptors (Lipinski definition) is 6. The van der Waals surface area contributed by atoms with E-state index in [0.29, 0.717) is 32.2 Å². The van der Waals surface area contributed by atoms with E-state index in [-0.39, 0.29) is 19.3 Å². The van der Waals surface area contributed by atoms with Gasteiger partial charge in [-0.25, -0.2) is 0 Å². The van der Waals surface area contributed by atoms with E-state index in [1.165, 1.54) is 0 Å². The molecule has 1 aromatic carbocycles. The molecule has 1 aromatic rings. The Balaban J connectivity index is 2.06. The van der Waals surface area contributed by atoms with Crippen molar-refractivity contribution in [2.45, 2.75) is 45.6 Å². The van der Waals surface area contributed by atoms with Gasteiger partial charge < -0.3 is 14.8 Å². The first-order chi connectivity index (χ1) is 13.5. The Hall–Kier alpha value is -2.39. The lowest BCUT2D eigenvalue weighted by Crippen LogP contribution is -2.61. The summed E-state index contributed by atoms with van der Waals surface area (Å²) in [6.45, 7) is 4.27. The summed E-state index contributed by atoms with van der Waals surface area (Å²) in [7, 11) is 0. The van der Waals surface area contributed by atoms with Crippen molar-refractivity contribution < 1.29 is 19.1 Å². The van der Waals surface area contributed by atoms with Crippen molar-refractivity contribution in [3.8, 4) is 6.07 Å². The summed E-state index contributed by atoms with van der Waals surface area (Å²) in [5.74, 6) is -1.55. The number of benzene rings is 1. The van der Waals surface area contributed by atoms with E-state index in [1.807, 2.05) is 30.3 Å². The summed E-state index contributed by atoms with van der Waals surface area (Å²) in [5.41, 5.74) is -1.13. The average molecular weight is 384 g/mol. The second kappa shape index (κ2) is 8.32. The first-order valence-corrected chi connectivity index (χ1v) is 10.1. The van der Waals surface area contributed by atoms with E-state index < -0.39 is 28.7 Å². The molecule has 1 N–H and O–H groups in total. The molecule has 0 amide bonds. The van der Waals surface area contributed by atoms with Gasteiger partial charge in [0.1, 0.15) is 0 Å². The van der Waals surface area contributed by atoms with E-state index in [1.54, 1.807) is 13.8 Å². The van der Waals surface area contributed by atoms with Gasteiger partial charge in [-0.15, -0.1) is 0 Å². The molecule has 0 aromatic heterocycles. The van der Waals surface area contributed by atoms with E-state index in [9.17, 15) is 14.9 Å². The van der Waals surface area contributed by atoms with Crippen LogP contribution in [-0.2, 0) is 19.1 Å². The zero-order valence-corrected chi connectivity index (χ0v) is 16.6. The van der Waals surface area contributed by atoms with Crippen LogP contribution in [0.15, 0.2) is 30.3 Å². The van der Waals surface area contributed by atoms with Gasteiger partial charge in [0.15, 0.2) is 5.41 Å². The summed E-state index contributed by atoms with van der Waals surface area (Å²) < 4.78 is 10.7. The SMILES string of the molecule is CCOC(=O)C1(C(=O)OCC)CCC[C@@]2(C#N)CN[C@H](c3ccccc3)C[C@H]12. The average Bonchev–Trinajstić information content (AvgIpc) is 2.73. The largest absolute Gasteiger partial charge is 0.465 e. The maximum absolute atomic E-state index is 13.1. The molecule has 0 spiro atoms. The number of hydrogen-bond donors (Lipinski definition) is 1. The number of nitrogens with zero attached hydrogens (tertiary/aromatic N) is 1. The number of piperidine rings is 1. The summed E-state index contributed by atoms with van der Waals surface area (Å²) in [5, 5.41) is 13.6. The second-order valence-electron chi connectivity index (χ2n) is 7.67. The number of esters is 2. The van der Waals surface area contributed by atoms with Crippen molar-refractivity contribution in [2.24, 2.45) is 16.7 Å². The first kappa shape index (κ1) is 20.3. The maximum Gasteiger partial charge on any atom is 0.323 e. The van der Waals surface area contributed by atoms with Crippen LogP contribution in [-0.4, -0.2) is 31.7 Å². The van der Waals surface area contributed by atoms with Crippen LogP contribution in [0.2, 0.25) is 0 Å². The lowest BCUT2D eigenvalue weighted by Gasteiger charge is -2.52. The van der Waals surface area contributed by atoms with Gasteiger partial charge in [0.05, 0.1) is 24.7 Å². The molecule has 6 nitrogen and oxygen atoms in total. The van der Waals surface area contributed by atoms with Gasteiger partial charge in [0.25, 0.3) is 0 Å². The van der Waals surface area contributed by atoms with Crippen LogP contribution in [0.1, 0.15) is 51.1 Å². The third-order valence-corrected chi connectivity index (χ3v) is 6.30. The zero-order chi connectivity index (χ0) is 20.2. The van der Waals surface area contributed by atoms with Gasteiger partial charge >= 0.3 is 11.9 Å². The molecule has 6 heteroatoms. The fourth-order valence-corrected chi connectivity index (χ4v) is 4.97.